The Kier molecular flexibility index (Phi) is 12.6. The van der Waals surface area contributed by atoms with Gasteiger partial charge in [-0.1, -0.05) is 205 Å². The number of ether oxygens (including phenoxy) is 1. The standard InChI is InChI=1S/C77H74N4O.Pt/c1-72(2,3)50-34-39-78-70(42-50)81-68-44-53(30-31-57(68)59-45-58-56-22-14-15-25-60(56)77(12,13)63(58)46-69(59)81)82-52-21-18-20-51(43-52)79-47-80(67-27-17-16-26-66(67)79)71-54(48-28-32-61-64(40-48)75(8,9)37-35-73(61,4)5)23-19-24-55(71)49-29-33-62-65(41-49)76(10,11)38-36-74(62,6)7;/h14-34,39-42,45-46H,35-38H2,1-13H3;/q-2;. The zero-order valence-electron chi connectivity index (χ0n) is 50.4. The number of nitrogens with zero attached hydrogens (tertiary/aromatic N) is 4. The average Bonchev–Trinajstić information content (AvgIpc) is 2.05. The van der Waals surface area contributed by atoms with Crippen molar-refractivity contribution >= 4 is 32.8 Å². The molecule has 6 heteroatoms. The van der Waals surface area contributed by atoms with Crippen LogP contribution in [0.4, 0.5) is 0 Å². The summed E-state index contributed by atoms with van der Waals surface area (Å²) < 4.78 is 13.7. The fourth-order valence-corrected chi connectivity index (χ4v) is 14.3. The van der Waals surface area contributed by atoms with Crippen LogP contribution in [0.2, 0.25) is 0 Å². The summed E-state index contributed by atoms with van der Waals surface area (Å²) in [7, 11) is 0. The molecule has 3 aliphatic carbocycles. The van der Waals surface area contributed by atoms with E-state index < -0.39 is 0 Å². The van der Waals surface area contributed by atoms with Gasteiger partial charge in [0.25, 0.3) is 6.33 Å². The molecule has 3 heterocycles. The van der Waals surface area contributed by atoms with Crippen LogP contribution in [0.15, 0.2) is 164 Å². The van der Waals surface area contributed by atoms with E-state index >= 15 is 0 Å². The molecule has 0 amide bonds. The number of rotatable bonds is 7. The van der Waals surface area contributed by atoms with Gasteiger partial charge in [-0.25, -0.2) is 4.98 Å². The number of fused-ring (bicyclic) bond motifs is 9. The fraction of sp³-hybridized carbons (Fsp3) is 0.299. The topological polar surface area (TPSA) is 35.9 Å². The Morgan fingerprint density at radius 2 is 1.08 bits per heavy atom. The van der Waals surface area contributed by atoms with Crippen molar-refractivity contribution in [3.63, 3.8) is 0 Å². The summed E-state index contributed by atoms with van der Waals surface area (Å²) >= 11 is 0. The average molecular weight is 1270 g/mol. The maximum absolute atomic E-state index is 6.91. The van der Waals surface area contributed by atoms with Crippen LogP contribution in [0, 0.1) is 18.5 Å². The van der Waals surface area contributed by atoms with E-state index in [1.165, 1.54) is 85.2 Å². The van der Waals surface area contributed by atoms with Crippen LogP contribution < -0.4 is 9.30 Å². The van der Waals surface area contributed by atoms with Crippen molar-refractivity contribution < 1.29 is 30.4 Å². The van der Waals surface area contributed by atoms with Gasteiger partial charge in [-0.2, -0.15) is 18.2 Å². The van der Waals surface area contributed by atoms with Gasteiger partial charge in [0, 0.05) is 49.7 Å². The first kappa shape index (κ1) is 54.9. The number of imidazole rings is 1. The van der Waals surface area contributed by atoms with Crippen LogP contribution in [0.3, 0.4) is 0 Å². The largest absolute Gasteiger partial charge is 0.510 e. The second-order valence-corrected chi connectivity index (χ2v) is 28.2. The van der Waals surface area contributed by atoms with E-state index in [0.717, 1.165) is 62.9 Å². The smallest absolute Gasteiger partial charge is 0.268 e. The summed E-state index contributed by atoms with van der Waals surface area (Å²) in [4.78, 5) is 5.06. The minimum Gasteiger partial charge on any atom is -0.510 e. The molecular formula is C77H74N4OPt-2. The van der Waals surface area contributed by atoms with Gasteiger partial charge in [-0.3, -0.25) is 4.57 Å². The van der Waals surface area contributed by atoms with Crippen LogP contribution in [0.1, 0.15) is 155 Å². The van der Waals surface area contributed by atoms with Crippen molar-refractivity contribution in [3.8, 4) is 62.1 Å². The molecule has 420 valence electrons. The second kappa shape index (κ2) is 19.1. The van der Waals surface area contributed by atoms with Crippen molar-refractivity contribution in [2.24, 2.45) is 0 Å². The molecule has 0 spiro atoms. The molecule has 83 heavy (non-hydrogen) atoms. The molecular weight excluding hydrogens is 1190 g/mol. The molecule has 0 aliphatic heterocycles. The van der Waals surface area contributed by atoms with Crippen LogP contribution >= 0.6 is 0 Å². The van der Waals surface area contributed by atoms with Crippen molar-refractivity contribution in [2.75, 3.05) is 0 Å². The Bertz CT molecular complexity index is 4360. The molecule has 5 nitrogen and oxygen atoms in total. The summed E-state index contributed by atoms with van der Waals surface area (Å²) in [6.45, 7) is 30.8. The van der Waals surface area contributed by atoms with Crippen LogP contribution in [-0.4, -0.2) is 14.1 Å². The Labute approximate surface area is 505 Å². The van der Waals surface area contributed by atoms with E-state index in [1.54, 1.807) is 0 Å². The van der Waals surface area contributed by atoms with Crippen molar-refractivity contribution in [1.29, 1.82) is 0 Å². The van der Waals surface area contributed by atoms with E-state index in [2.05, 4.69) is 268 Å². The minimum absolute atomic E-state index is 0. The summed E-state index contributed by atoms with van der Waals surface area (Å²) in [5.74, 6) is 2.03. The van der Waals surface area contributed by atoms with Crippen LogP contribution in [0.5, 0.6) is 11.5 Å². The third-order valence-corrected chi connectivity index (χ3v) is 19.6. The fourth-order valence-electron chi connectivity index (χ4n) is 14.3. The third kappa shape index (κ3) is 8.80. The molecule has 14 rings (SSSR count). The first-order valence-electron chi connectivity index (χ1n) is 29.7. The van der Waals surface area contributed by atoms with E-state index in [0.29, 0.717) is 11.5 Å². The van der Waals surface area contributed by atoms with Gasteiger partial charge in [0.2, 0.25) is 0 Å². The monoisotopic (exact) mass is 1270 g/mol. The maximum Gasteiger partial charge on any atom is 0.268 e. The molecule has 0 bridgehead atoms. The van der Waals surface area contributed by atoms with E-state index in [-0.39, 0.29) is 53.6 Å². The molecule has 0 saturated carbocycles. The van der Waals surface area contributed by atoms with E-state index in [9.17, 15) is 0 Å². The molecule has 11 aromatic rings. The summed E-state index contributed by atoms with van der Waals surface area (Å²) in [6, 6.07) is 66.1. The normalized spacial score (nSPS) is 16.9. The summed E-state index contributed by atoms with van der Waals surface area (Å²) in [6.07, 6.45) is 10.5. The van der Waals surface area contributed by atoms with E-state index in [1.807, 2.05) is 18.3 Å². The molecule has 8 aromatic carbocycles. The third-order valence-electron chi connectivity index (χ3n) is 19.6. The van der Waals surface area contributed by atoms with Gasteiger partial charge >= 0.3 is 0 Å². The van der Waals surface area contributed by atoms with Gasteiger partial charge in [0.15, 0.2) is 0 Å². The summed E-state index contributed by atoms with van der Waals surface area (Å²) in [5.41, 5.74) is 23.1. The summed E-state index contributed by atoms with van der Waals surface area (Å²) in [5, 5.41) is 2.25. The molecule has 0 saturated heterocycles. The number of para-hydroxylation sites is 3. The van der Waals surface area contributed by atoms with Crippen LogP contribution in [0.25, 0.3) is 83.4 Å². The van der Waals surface area contributed by atoms with Crippen molar-refractivity contribution in [2.45, 2.75) is 148 Å². The molecule has 0 fully saturated rings. The molecule has 3 aromatic heterocycles. The zero-order chi connectivity index (χ0) is 57.0. The quantitative estimate of drug-likeness (QED) is 0.118. The second-order valence-electron chi connectivity index (χ2n) is 28.2. The Hall–Kier alpha value is -7.33. The van der Waals surface area contributed by atoms with Gasteiger partial charge in [-0.15, -0.1) is 29.7 Å². The van der Waals surface area contributed by atoms with Gasteiger partial charge < -0.3 is 13.9 Å². The molecule has 0 atom stereocenters. The molecule has 0 unspecified atom stereocenters. The zero-order valence-corrected chi connectivity index (χ0v) is 52.7. The number of pyridine rings is 1. The predicted octanol–water partition coefficient (Wildman–Crippen LogP) is 19.2. The van der Waals surface area contributed by atoms with Crippen molar-refractivity contribution in [3.05, 3.63) is 221 Å². The number of benzene rings is 8. The molecule has 0 N–H and O–H groups in total. The molecule has 0 radical (unpaired) electrons. The Morgan fingerprint density at radius 1 is 0.494 bits per heavy atom. The SMILES string of the molecule is CC(C)(C)c1ccnc(-n2c3[c-]c(Oc4[c-]c(-n5[c-][n+](-c6c(-c7ccc8c(c7)C(C)(C)CCC8(C)C)cccc6-c6ccc7c(c6)C(C)(C)CCC7(C)C)c6ccccc65)ccc4)ccc3c3cc4c(cc32)C(C)(C)c2ccccc2-4)c1.[Pt]. The van der Waals surface area contributed by atoms with Crippen LogP contribution in [-0.2, 0) is 53.6 Å². The number of aromatic nitrogens is 4. The van der Waals surface area contributed by atoms with Gasteiger partial charge in [-0.05, 0) is 154 Å². The first-order chi connectivity index (χ1) is 39.0. The van der Waals surface area contributed by atoms with E-state index in [4.69, 9.17) is 9.72 Å². The number of hydrogen-bond acceptors (Lipinski definition) is 2. The van der Waals surface area contributed by atoms with Crippen molar-refractivity contribution in [1.82, 2.24) is 14.1 Å². The molecule has 3 aliphatic rings. The Balaban J connectivity index is 0.00000645. The predicted molar refractivity (Wildman–Crippen MR) is 338 cm³/mol. The first-order valence-corrected chi connectivity index (χ1v) is 29.7. The number of hydrogen-bond donors (Lipinski definition) is 0. The Morgan fingerprint density at radius 3 is 1.75 bits per heavy atom. The minimum atomic E-state index is -0.165. The maximum atomic E-state index is 6.91. The van der Waals surface area contributed by atoms with Gasteiger partial charge in [0.05, 0.1) is 16.7 Å². The van der Waals surface area contributed by atoms with Gasteiger partial charge in [0.1, 0.15) is 5.82 Å².